The Morgan fingerprint density at radius 1 is 0.830 bits per heavy atom. The second-order valence-electron chi connectivity index (χ2n) is 14.5. The number of hydrogen-bond donors (Lipinski definition) is 0. The molecule has 0 unspecified atom stereocenters. The van der Waals surface area contributed by atoms with Gasteiger partial charge in [-0.2, -0.15) is 0 Å². The van der Waals surface area contributed by atoms with Crippen LogP contribution in [0.4, 0.5) is 0 Å². The molecule has 256 valence electrons. The number of ether oxygens (including phenoxy) is 2. The number of fused-ring (bicyclic) bond motifs is 1. The number of amides is 1. The molecule has 0 aliphatic rings. The van der Waals surface area contributed by atoms with E-state index in [4.69, 9.17) is 13.9 Å². The minimum atomic E-state index is -1.65. The van der Waals surface area contributed by atoms with Crippen molar-refractivity contribution in [3.05, 3.63) is 83.4 Å². The Balaban J connectivity index is 1.71. The van der Waals surface area contributed by atoms with Gasteiger partial charge < -0.3 is 18.8 Å². The second-order valence-corrected chi connectivity index (χ2v) is 19.3. The molecule has 6 nitrogen and oxygen atoms in total. The van der Waals surface area contributed by atoms with Gasteiger partial charge in [-0.15, -0.1) is 0 Å². The van der Waals surface area contributed by atoms with Crippen molar-refractivity contribution in [2.24, 2.45) is 0 Å². The van der Waals surface area contributed by atoms with Gasteiger partial charge in [-0.1, -0.05) is 82.2 Å². The fourth-order valence-corrected chi connectivity index (χ4v) is 6.60. The Hall–Kier alpha value is -3.42. The van der Waals surface area contributed by atoms with Gasteiger partial charge in [0.2, 0.25) is 0 Å². The molecule has 0 radical (unpaired) electrons. The van der Waals surface area contributed by atoms with Gasteiger partial charge in [0.15, 0.2) is 8.32 Å². The van der Waals surface area contributed by atoms with E-state index in [2.05, 4.69) is 58.1 Å². The highest BCUT2D eigenvalue weighted by Gasteiger charge is 2.36. The summed E-state index contributed by atoms with van der Waals surface area (Å²) in [6.45, 7) is 22.4. The van der Waals surface area contributed by atoms with Crippen LogP contribution in [0.1, 0.15) is 103 Å². The maximum atomic E-state index is 14.2. The van der Waals surface area contributed by atoms with Crippen LogP contribution < -0.4 is 9.47 Å². The molecule has 7 heteroatoms. The van der Waals surface area contributed by atoms with Gasteiger partial charge in [-0.3, -0.25) is 4.79 Å². The summed E-state index contributed by atoms with van der Waals surface area (Å²) in [5.41, 5.74) is 2.70. The molecule has 0 saturated carbocycles. The normalized spacial score (nSPS) is 12.3. The summed E-state index contributed by atoms with van der Waals surface area (Å²) in [4.78, 5) is 28.5. The molecule has 1 amide bonds. The van der Waals surface area contributed by atoms with Gasteiger partial charge >= 0.3 is 5.97 Å². The lowest BCUT2D eigenvalue weighted by molar-refractivity contribution is -0.129. The van der Waals surface area contributed by atoms with Crippen molar-refractivity contribution in [2.75, 3.05) is 6.61 Å². The summed E-state index contributed by atoms with van der Waals surface area (Å²) < 4.78 is 18.4. The summed E-state index contributed by atoms with van der Waals surface area (Å²) in [6.07, 6.45) is 8.69. The van der Waals surface area contributed by atoms with Crippen LogP contribution in [0.2, 0.25) is 18.1 Å². The molecule has 0 aliphatic carbocycles. The molecule has 47 heavy (non-hydrogen) atoms. The van der Waals surface area contributed by atoms with Gasteiger partial charge in [0, 0.05) is 30.2 Å². The van der Waals surface area contributed by atoms with Gasteiger partial charge in [0.1, 0.15) is 18.1 Å². The molecule has 0 atom stereocenters. The summed E-state index contributed by atoms with van der Waals surface area (Å²) in [6, 6.07) is 17.8. The van der Waals surface area contributed by atoms with Crippen molar-refractivity contribution in [1.29, 1.82) is 0 Å². The quantitative estimate of drug-likeness (QED) is 0.0503. The maximum absolute atomic E-state index is 14.2. The minimum Gasteiger partial charge on any atom is -0.488 e. The van der Waals surface area contributed by atoms with Crippen molar-refractivity contribution in [3.63, 3.8) is 0 Å². The number of carbonyl (C=O) groups is 2. The molecular formula is C40H57NO5Si. The first-order chi connectivity index (χ1) is 22.2. The lowest BCUT2D eigenvalue weighted by Gasteiger charge is -2.36. The van der Waals surface area contributed by atoms with E-state index in [9.17, 15) is 9.59 Å². The topological polar surface area (TPSA) is 65.1 Å². The van der Waals surface area contributed by atoms with Crippen molar-refractivity contribution in [3.8, 4) is 11.5 Å². The van der Waals surface area contributed by atoms with E-state index >= 15 is 0 Å². The van der Waals surface area contributed by atoms with Gasteiger partial charge in [0.25, 0.3) is 5.91 Å². The van der Waals surface area contributed by atoms with E-state index in [0.717, 1.165) is 36.8 Å². The van der Waals surface area contributed by atoms with E-state index in [0.29, 0.717) is 23.3 Å². The van der Waals surface area contributed by atoms with Crippen LogP contribution in [-0.4, -0.2) is 43.8 Å². The maximum Gasteiger partial charge on any atom is 0.335 e. The zero-order valence-corrected chi connectivity index (χ0v) is 31.4. The van der Waals surface area contributed by atoms with Gasteiger partial charge in [-0.05, 0) is 101 Å². The molecule has 0 heterocycles. The molecular weight excluding hydrogens is 603 g/mol. The van der Waals surface area contributed by atoms with E-state index in [1.165, 1.54) is 24.5 Å². The van der Waals surface area contributed by atoms with Crippen LogP contribution in [0.25, 0.3) is 10.8 Å². The van der Waals surface area contributed by atoms with E-state index in [1.54, 1.807) is 24.0 Å². The SMILES string of the molecule is C/C=C/C(=O)Oc1ccc2cccc(OCc3ccc(CCCCCCO[Si](C)(C)C(C)(C)C)cc3)c2c1C(=O)N(C(C)C)C(C)C. The first-order valence-corrected chi connectivity index (χ1v) is 20.1. The second kappa shape index (κ2) is 17.1. The largest absolute Gasteiger partial charge is 0.488 e. The number of rotatable bonds is 16. The fourth-order valence-electron chi connectivity index (χ4n) is 5.51. The summed E-state index contributed by atoms with van der Waals surface area (Å²) in [5, 5.41) is 1.74. The number of carbonyl (C=O) groups excluding carboxylic acids is 2. The number of esters is 1. The molecule has 0 spiro atoms. The highest BCUT2D eigenvalue weighted by molar-refractivity contribution is 6.74. The first kappa shape index (κ1) is 38.0. The average molecular weight is 660 g/mol. The molecule has 0 fully saturated rings. The number of unbranched alkanes of at least 4 members (excludes halogenated alkanes) is 3. The van der Waals surface area contributed by atoms with Crippen molar-refractivity contribution in [2.45, 2.75) is 124 Å². The van der Waals surface area contributed by atoms with Crippen LogP contribution in [0.3, 0.4) is 0 Å². The number of hydrogen-bond acceptors (Lipinski definition) is 5. The third kappa shape index (κ3) is 10.5. The highest BCUT2D eigenvalue weighted by Crippen LogP contribution is 2.38. The molecule has 0 aromatic heterocycles. The van der Waals surface area contributed by atoms with E-state index in [1.807, 2.05) is 52.0 Å². The lowest BCUT2D eigenvalue weighted by Crippen LogP contribution is -2.42. The fraction of sp³-hybridized carbons (Fsp3) is 0.500. The van der Waals surface area contributed by atoms with Crippen molar-refractivity contribution in [1.82, 2.24) is 4.90 Å². The molecule has 3 aromatic rings. The standard InChI is InChI=1S/C40H57NO5Si/c1-11-17-36(42)46-35-26-25-33-19-16-20-34(37(33)38(35)39(43)41(29(2)3)30(4)5)44-28-32-23-21-31(22-24-32)18-14-12-13-15-27-45-47(9,10)40(6,7)8/h11,16-17,19-26,29-30H,12-15,18,27-28H2,1-10H3/b17-11+. The molecule has 3 rings (SSSR count). The van der Waals surface area contributed by atoms with Crippen LogP contribution in [0.5, 0.6) is 11.5 Å². The van der Waals surface area contributed by atoms with Crippen LogP contribution in [0, 0.1) is 0 Å². The Morgan fingerprint density at radius 2 is 1.47 bits per heavy atom. The minimum absolute atomic E-state index is 0.0511. The van der Waals surface area contributed by atoms with Crippen LogP contribution >= 0.6 is 0 Å². The molecule has 0 bridgehead atoms. The Labute approximate surface area is 284 Å². The lowest BCUT2D eigenvalue weighted by atomic mass is 10.00. The number of allylic oxidation sites excluding steroid dienone is 1. The smallest absolute Gasteiger partial charge is 0.335 e. The summed E-state index contributed by atoms with van der Waals surface area (Å²) in [7, 11) is -1.65. The third-order valence-corrected chi connectivity index (χ3v) is 13.6. The zero-order valence-electron chi connectivity index (χ0n) is 30.4. The number of aryl methyl sites for hydroxylation is 1. The zero-order chi connectivity index (χ0) is 34.8. The number of nitrogens with zero attached hydrogens (tertiary/aromatic N) is 1. The van der Waals surface area contributed by atoms with E-state index < -0.39 is 14.3 Å². The van der Waals surface area contributed by atoms with Crippen molar-refractivity contribution < 1.29 is 23.5 Å². The monoisotopic (exact) mass is 659 g/mol. The molecule has 0 N–H and O–H groups in total. The van der Waals surface area contributed by atoms with Gasteiger partial charge in [0.05, 0.1) is 5.56 Å². The predicted molar refractivity (Wildman–Crippen MR) is 197 cm³/mol. The van der Waals surface area contributed by atoms with Crippen LogP contribution in [0.15, 0.2) is 66.7 Å². The third-order valence-electron chi connectivity index (χ3n) is 9.09. The average Bonchev–Trinajstić information content (AvgIpc) is 2.99. The Morgan fingerprint density at radius 3 is 2.09 bits per heavy atom. The summed E-state index contributed by atoms with van der Waals surface area (Å²) >= 11 is 0. The highest BCUT2D eigenvalue weighted by atomic mass is 28.4. The van der Waals surface area contributed by atoms with Crippen molar-refractivity contribution >= 4 is 31.0 Å². The molecule has 0 aliphatic heterocycles. The van der Waals surface area contributed by atoms with Gasteiger partial charge in [-0.25, -0.2) is 4.79 Å². The number of benzene rings is 3. The Bertz CT molecular complexity index is 1490. The van der Waals surface area contributed by atoms with E-state index in [-0.39, 0.29) is 28.8 Å². The first-order valence-electron chi connectivity index (χ1n) is 17.2. The Kier molecular flexibility index (Phi) is 13.8. The molecule has 0 saturated heterocycles. The van der Waals surface area contributed by atoms with Crippen LogP contribution in [-0.2, 0) is 22.2 Å². The molecule has 3 aromatic carbocycles. The summed E-state index contributed by atoms with van der Waals surface area (Å²) in [5.74, 6) is 0.0624. The predicted octanol–water partition coefficient (Wildman–Crippen LogP) is 10.3.